The van der Waals surface area contributed by atoms with Gasteiger partial charge in [0.25, 0.3) is 0 Å². The molecule has 0 aromatic heterocycles. The lowest BCUT2D eigenvalue weighted by molar-refractivity contribution is 0.0578. The summed E-state index contributed by atoms with van der Waals surface area (Å²) in [5.74, 6) is 0. The third-order valence-corrected chi connectivity index (χ3v) is 3.32. The molecule has 0 unspecified atom stereocenters. The Morgan fingerprint density at radius 3 is 2.67 bits per heavy atom. The molecule has 1 heterocycles. The Morgan fingerprint density at radius 1 is 1.33 bits per heavy atom. The highest BCUT2D eigenvalue weighted by atomic mass is 16.6. The Bertz CT molecular complexity index is 734. The van der Waals surface area contributed by atoms with Gasteiger partial charge in [-0.15, -0.1) is 0 Å². The van der Waals surface area contributed by atoms with E-state index in [9.17, 15) is 4.79 Å². The molecule has 0 atom stereocenters. The topological polar surface area (TPSA) is 102 Å². The number of carbonyl (C=O) groups is 1. The molecule has 0 spiro atoms. The van der Waals surface area contributed by atoms with E-state index in [2.05, 4.69) is 10.5 Å². The molecule has 124 valence electrons. The van der Waals surface area contributed by atoms with Crippen LogP contribution in [0.3, 0.4) is 0 Å². The molecule has 2 rings (SSSR count). The number of nitrogens with one attached hydrogen (secondary N) is 1. The summed E-state index contributed by atoms with van der Waals surface area (Å²) in [4.78, 5) is 14.0. The molecule has 0 aliphatic carbocycles. The molecule has 1 N–H and O–H groups in total. The van der Waals surface area contributed by atoms with Gasteiger partial charge in [-0.3, -0.25) is 10.3 Å². The van der Waals surface area contributed by atoms with Crippen LogP contribution in [0.2, 0.25) is 0 Å². The summed E-state index contributed by atoms with van der Waals surface area (Å²) in [6.45, 7) is 6.12. The number of hydrogen-bond donors (Lipinski definition) is 1. The molecule has 0 saturated carbocycles. The predicted octanol–water partition coefficient (Wildman–Crippen LogP) is 3.19. The fourth-order valence-electron chi connectivity index (χ4n) is 2.37. The molecule has 1 amide bonds. The molecule has 1 aliphatic heterocycles. The molecule has 1 aromatic rings. The maximum absolute atomic E-state index is 12.3. The number of fused-ring (bicyclic) bond motifs is 1. The second kappa shape index (κ2) is 7.01. The number of carbonyl (C=O) groups excluding carboxylic acids is 1. The van der Waals surface area contributed by atoms with Crippen LogP contribution in [0.4, 0.5) is 16.2 Å². The van der Waals surface area contributed by atoms with Crippen molar-refractivity contribution in [3.8, 4) is 12.1 Å². The van der Waals surface area contributed by atoms with Gasteiger partial charge in [0.2, 0.25) is 5.71 Å². The van der Waals surface area contributed by atoms with Crippen LogP contribution >= 0.6 is 0 Å². The van der Waals surface area contributed by atoms with Gasteiger partial charge in [0, 0.05) is 6.54 Å². The highest BCUT2D eigenvalue weighted by Crippen LogP contribution is 2.30. The third kappa shape index (κ3) is 4.23. The van der Waals surface area contributed by atoms with Crippen molar-refractivity contribution in [3.05, 3.63) is 23.8 Å². The van der Waals surface area contributed by atoms with Crippen LogP contribution in [0.5, 0.6) is 0 Å². The number of anilines is 2. The first-order valence-electron chi connectivity index (χ1n) is 7.61. The number of ether oxygens (including phenoxy) is 1. The van der Waals surface area contributed by atoms with Gasteiger partial charge in [0.1, 0.15) is 17.7 Å². The molecular formula is C17H19N5O2. The number of benzene rings is 1. The largest absolute Gasteiger partial charge is 0.443 e. The zero-order valence-corrected chi connectivity index (χ0v) is 14.0. The van der Waals surface area contributed by atoms with Crippen LogP contribution in [-0.2, 0) is 11.2 Å². The summed E-state index contributed by atoms with van der Waals surface area (Å²) < 4.78 is 5.45. The van der Waals surface area contributed by atoms with E-state index in [0.717, 1.165) is 24.1 Å². The lowest BCUT2D eigenvalue weighted by Crippen LogP contribution is -2.39. The number of nitriles is 2. The molecule has 0 bridgehead atoms. The second-order valence-electron chi connectivity index (χ2n) is 6.37. The van der Waals surface area contributed by atoms with Gasteiger partial charge in [0.15, 0.2) is 0 Å². The molecule has 7 nitrogen and oxygen atoms in total. The van der Waals surface area contributed by atoms with Crippen LogP contribution in [0.15, 0.2) is 23.3 Å². The van der Waals surface area contributed by atoms with Crippen molar-refractivity contribution in [2.45, 2.75) is 39.2 Å². The Balaban J connectivity index is 2.21. The summed E-state index contributed by atoms with van der Waals surface area (Å²) in [6, 6.07) is 8.79. The minimum atomic E-state index is -0.546. The van der Waals surface area contributed by atoms with Gasteiger partial charge in [-0.2, -0.15) is 15.6 Å². The quantitative estimate of drug-likeness (QED) is 0.664. The summed E-state index contributed by atoms with van der Waals surface area (Å²) >= 11 is 0. The van der Waals surface area contributed by atoms with E-state index in [1.165, 1.54) is 0 Å². The number of rotatable bonds is 2. The Morgan fingerprint density at radius 2 is 2.04 bits per heavy atom. The number of amides is 1. The predicted molar refractivity (Wildman–Crippen MR) is 90.6 cm³/mol. The van der Waals surface area contributed by atoms with E-state index >= 15 is 0 Å². The van der Waals surface area contributed by atoms with Crippen molar-refractivity contribution in [2.24, 2.45) is 5.10 Å². The normalized spacial score (nSPS) is 13.1. The highest BCUT2D eigenvalue weighted by molar-refractivity contribution is 6.10. The van der Waals surface area contributed by atoms with Crippen molar-refractivity contribution < 1.29 is 9.53 Å². The first-order valence-corrected chi connectivity index (χ1v) is 7.61. The van der Waals surface area contributed by atoms with E-state index < -0.39 is 5.60 Å². The fourth-order valence-corrected chi connectivity index (χ4v) is 2.37. The van der Waals surface area contributed by atoms with E-state index in [0.29, 0.717) is 12.2 Å². The van der Waals surface area contributed by atoms with Gasteiger partial charge in [-0.25, -0.2) is 4.79 Å². The van der Waals surface area contributed by atoms with E-state index in [1.54, 1.807) is 23.1 Å². The number of hydrogen-bond acceptors (Lipinski definition) is 6. The molecule has 0 saturated heterocycles. The molecule has 24 heavy (non-hydrogen) atoms. The van der Waals surface area contributed by atoms with Gasteiger partial charge >= 0.3 is 6.09 Å². The minimum absolute atomic E-state index is 0.247. The van der Waals surface area contributed by atoms with Crippen LogP contribution in [0.1, 0.15) is 32.8 Å². The first-order chi connectivity index (χ1) is 11.3. The summed E-state index contributed by atoms with van der Waals surface area (Å²) in [7, 11) is 0. The van der Waals surface area contributed by atoms with E-state index in [-0.39, 0.29) is 11.8 Å². The lowest BCUT2D eigenvalue weighted by atomic mass is 10.0. The fraction of sp³-hybridized carbons (Fsp3) is 0.412. The van der Waals surface area contributed by atoms with Gasteiger partial charge in [-0.05, 0) is 57.4 Å². The zero-order chi connectivity index (χ0) is 17.7. The number of aryl methyl sites for hydroxylation is 1. The van der Waals surface area contributed by atoms with Crippen LogP contribution in [-0.4, -0.2) is 24.0 Å². The molecule has 0 radical (unpaired) electrons. The maximum atomic E-state index is 12.3. The number of hydrazone groups is 1. The van der Waals surface area contributed by atoms with Gasteiger partial charge in [0.05, 0.1) is 11.4 Å². The minimum Gasteiger partial charge on any atom is -0.443 e. The highest BCUT2D eigenvalue weighted by Gasteiger charge is 2.27. The molecular weight excluding hydrogens is 306 g/mol. The average Bonchev–Trinajstić information content (AvgIpc) is 2.53. The van der Waals surface area contributed by atoms with Crippen molar-refractivity contribution in [2.75, 3.05) is 16.9 Å². The Kier molecular flexibility index (Phi) is 5.05. The second-order valence-corrected chi connectivity index (χ2v) is 6.37. The van der Waals surface area contributed by atoms with Crippen molar-refractivity contribution in [1.29, 1.82) is 10.5 Å². The van der Waals surface area contributed by atoms with Crippen LogP contribution in [0, 0.1) is 22.7 Å². The Labute approximate surface area is 141 Å². The first kappa shape index (κ1) is 17.3. The average molecular weight is 325 g/mol. The summed E-state index contributed by atoms with van der Waals surface area (Å²) in [5, 5.41) is 21.1. The van der Waals surface area contributed by atoms with Gasteiger partial charge < -0.3 is 4.74 Å². The molecule has 1 aromatic carbocycles. The zero-order valence-electron chi connectivity index (χ0n) is 14.0. The summed E-state index contributed by atoms with van der Waals surface area (Å²) in [5.41, 5.74) is 4.35. The van der Waals surface area contributed by atoms with Crippen molar-refractivity contribution in [1.82, 2.24) is 0 Å². The molecule has 1 aliphatic rings. The van der Waals surface area contributed by atoms with E-state index in [4.69, 9.17) is 15.3 Å². The van der Waals surface area contributed by atoms with Crippen LogP contribution in [0.25, 0.3) is 0 Å². The lowest BCUT2D eigenvalue weighted by Gasteiger charge is -2.31. The molecule has 7 heteroatoms. The standard InChI is InChI=1S/C17H19N5O2/c1-17(2,3)24-16(23)22-8-4-5-12-9-13(6-7-15(12)22)20-21-14(10-18)11-19/h6-7,9,20H,4-5,8H2,1-3H3. The Hall–Kier alpha value is -3.06. The van der Waals surface area contributed by atoms with Gasteiger partial charge in [-0.1, -0.05) is 0 Å². The number of nitrogens with zero attached hydrogens (tertiary/aromatic N) is 4. The van der Waals surface area contributed by atoms with E-state index in [1.807, 2.05) is 32.9 Å². The third-order valence-electron chi connectivity index (χ3n) is 3.32. The van der Waals surface area contributed by atoms with Crippen molar-refractivity contribution >= 4 is 23.2 Å². The molecule has 0 fully saturated rings. The maximum Gasteiger partial charge on any atom is 0.414 e. The van der Waals surface area contributed by atoms with Crippen LogP contribution < -0.4 is 10.3 Å². The smallest absolute Gasteiger partial charge is 0.414 e. The monoisotopic (exact) mass is 325 g/mol. The SMILES string of the molecule is CC(C)(C)OC(=O)N1CCCc2cc(NN=C(C#N)C#N)ccc21. The summed E-state index contributed by atoms with van der Waals surface area (Å²) in [6.07, 6.45) is 1.30. The van der Waals surface area contributed by atoms with Crippen molar-refractivity contribution in [3.63, 3.8) is 0 Å².